The van der Waals surface area contributed by atoms with Crippen molar-refractivity contribution in [3.63, 3.8) is 0 Å². The maximum Gasteiger partial charge on any atom is 0.147 e. The first kappa shape index (κ1) is 15.0. The first-order chi connectivity index (χ1) is 10.3. The number of alkyl halides is 1. The number of benzene rings is 1. The Balaban J connectivity index is 2.07. The number of thioether (sulfide) groups is 1. The number of hydrogen-bond acceptors (Lipinski definition) is 3. The van der Waals surface area contributed by atoms with Crippen molar-refractivity contribution in [2.75, 3.05) is 24.0 Å². The molecule has 0 N–H and O–H groups in total. The molecule has 0 amide bonds. The molecule has 0 aliphatic carbocycles. The summed E-state index contributed by atoms with van der Waals surface area (Å²) in [5, 5.41) is 0. The van der Waals surface area contributed by atoms with Crippen LogP contribution in [0.3, 0.4) is 0 Å². The minimum Gasteiger partial charge on any atom is -0.491 e. The van der Waals surface area contributed by atoms with Crippen molar-refractivity contribution in [2.24, 2.45) is 0 Å². The third kappa shape index (κ3) is 3.02. The van der Waals surface area contributed by atoms with Crippen LogP contribution in [0.1, 0.15) is 31.6 Å². The lowest BCUT2D eigenvalue weighted by atomic mass is 10.2. The summed E-state index contributed by atoms with van der Waals surface area (Å²) in [5.41, 5.74) is 2.18. The lowest BCUT2D eigenvalue weighted by Gasteiger charge is -2.15. The van der Waals surface area contributed by atoms with Gasteiger partial charge in [-0.3, -0.25) is 0 Å². The molecule has 2 aromatic rings. The maximum absolute atomic E-state index is 5.98. The van der Waals surface area contributed by atoms with Crippen LogP contribution >= 0.6 is 23.4 Å². The van der Waals surface area contributed by atoms with Crippen LogP contribution in [0.5, 0.6) is 5.75 Å². The van der Waals surface area contributed by atoms with E-state index in [4.69, 9.17) is 21.3 Å². The second-order valence-electron chi connectivity index (χ2n) is 5.33. The van der Waals surface area contributed by atoms with Crippen molar-refractivity contribution in [1.29, 1.82) is 0 Å². The Bertz CT molecular complexity index is 608. The molecule has 1 fully saturated rings. The van der Waals surface area contributed by atoms with Crippen LogP contribution in [-0.2, 0) is 6.42 Å². The lowest BCUT2D eigenvalue weighted by molar-refractivity contribution is 0.320. The molecule has 0 spiro atoms. The van der Waals surface area contributed by atoms with Crippen LogP contribution < -0.4 is 4.74 Å². The van der Waals surface area contributed by atoms with Crippen molar-refractivity contribution in [1.82, 2.24) is 9.55 Å². The molecular weight excluding hydrogens is 304 g/mol. The van der Waals surface area contributed by atoms with E-state index in [0.29, 0.717) is 11.9 Å². The second kappa shape index (κ2) is 6.93. The van der Waals surface area contributed by atoms with E-state index in [1.807, 2.05) is 17.8 Å². The van der Waals surface area contributed by atoms with Gasteiger partial charge in [0.1, 0.15) is 17.1 Å². The average Bonchev–Trinajstić information content (AvgIpc) is 3.12. The van der Waals surface area contributed by atoms with E-state index < -0.39 is 0 Å². The summed E-state index contributed by atoms with van der Waals surface area (Å²) in [4.78, 5) is 4.84. The van der Waals surface area contributed by atoms with Crippen LogP contribution in [0.4, 0.5) is 0 Å². The predicted molar refractivity (Wildman–Crippen MR) is 90.9 cm³/mol. The topological polar surface area (TPSA) is 27.1 Å². The molecule has 1 aromatic carbocycles. The van der Waals surface area contributed by atoms with Crippen LogP contribution in [0.2, 0.25) is 0 Å². The lowest BCUT2D eigenvalue weighted by Crippen LogP contribution is -2.12. The van der Waals surface area contributed by atoms with Crippen molar-refractivity contribution in [2.45, 2.75) is 32.2 Å². The van der Waals surface area contributed by atoms with Gasteiger partial charge >= 0.3 is 0 Å². The largest absolute Gasteiger partial charge is 0.491 e. The number of hydrogen-bond donors (Lipinski definition) is 0. The number of nitrogens with zero attached hydrogens (tertiary/aromatic N) is 2. The smallest absolute Gasteiger partial charge is 0.147 e. The third-order valence-corrected chi connectivity index (χ3v) is 5.14. The van der Waals surface area contributed by atoms with Gasteiger partial charge in [0, 0.05) is 24.1 Å². The minimum atomic E-state index is 0.541. The highest BCUT2D eigenvalue weighted by Gasteiger charge is 2.23. The van der Waals surface area contributed by atoms with Crippen LogP contribution in [-0.4, -0.2) is 33.5 Å². The standard InChI is InChI=1S/C16H21ClN2OS/c1-2-9-20-14-5-3-4-13-16(14)18-15(6-8-17)19(13)12-7-10-21-11-12/h3-5,12H,2,6-11H2,1H3. The molecule has 0 saturated carbocycles. The highest BCUT2D eigenvalue weighted by Crippen LogP contribution is 2.35. The van der Waals surface area contributed by atoms with E-state index in [9.17, 15) is 0 Å². The fourth-order valence-electron chi connectivity index (χ4n) is 2.86. The average molecular weight is 325 g/mol. The summed E-state index contributed by atoms with van der Waals surface area (Å²) in [5.74, 6) is 5.00. The van der Waals surface area contributed by atoms with E-state index in [1.165, 1.54) is 23.4 Å². The van der Waals surface area contributed by atoms with E-state index >= 15 is 0 Å². The summed E-state index contributed by atoms with van der Waals surface area (Å²) in [6.07, 6.45) is 3.03. The summed E-state index contributed by atoms with van der Waals surface area (Å²) in [6, 6.07) is 6.78. The Morgan fingerprint density at radius 3 is 3.10 bits per heavy atom. The molecule has 1 saturated heterocycles. The quantitative estimate of drug-likeness (QED) is 0.742. The number of aryl methyl sites for hydroxylation is 1. The molecule has 3 nitrogen and oxygen atoms in total. The molecule has 0 radical (unpaired) electrons. The van der Waals surface area contributed by atoms with Gasteiger partial charge in [-0.15, -0.1) is 11.6 Å². The minimum absolute atomic E-state index is 0.541. The number of imidazole rings is 1. The highest BCUT2D eigenvalue weighted by atomic mass is 35.5. The van der Waals surface area contributed by atoms with Gasteiger partial charge in [-0.05, 0) is 30.7 Å². The molecule has 1 aliphatic heterocycles. The molecule has 1 aliphatic rings. The fraction of sp³-hybridized carbons (Fsp3) is 0.562. The zero-order valence-corrected chi connectivity index (χ0v) is 13.9. The second-order valence-corrected chi connectivity index (χ2v) is 6.85. The van der Waals surface area contributed by atoms with Gasteiger partial charge in [0.05, 0.1) is 12.1 Å². The number of ether oxygens (including phenoxy) is 1. The molecule has 1 unspecified atom stereocenters. The SMILES string of the molecule is CCCOc1cccc2c1nc(CCCl)n2C1CCSC1. The first-order valence-electron chi connectivity index (χ1n) is 7.61. The van der Waals surface area contributed by atoms with E-state index in [2.05, 4.69) is 23.6 Å². The van der Waals surface area contributed by atoms with Gasteiger partial charge in [-0.2, -0.15) is 11.8 Å². The summed E-state index contributed by atoms with van der Waals surface area (Å²) >= 11 is 8.00. The third-order valence-electron chi connectivity index (χ3n) is 3.81. The first-order valence-corrected chi connectivity index (χ1v) is 9.30. The van der Waals surface area contributed by atoms with E-state index in [1.54, 1.807) is 0 Å². The Labute approximate surface area is 135 Å². The van der Waals surface area contributed by atoms with Gasteiger partial charge in [0.15, 0.2) is 0 Å². The molecule has 2 heterocycles. The Hall–Kier alpha value is -0.870. The predicted octanol–water partition coefficient (Wildman–Crippen LogP) is 4.28. The Morgan fingerprint density at radius 1 is 1.48 bits per heavy atom. The molecule has 3 rings (SSSR count). The van der Waals surface area contributed by atoms with Crippen molar-refractivity contribution < 1.29 is 4.74 Å². The van der Waals surface area contributed by atoms with Crippen molar-refractivity contribution >= 4 is 34.4 Å². The number of aromatic nitrogens is 2. The number of rotatable bonds is 6. The fourth-order valence-corrected chi connectivity index (χ4v) is 4.22. The van der Waals surface area contributed by atoms with E-state index in [-0.39, 0.29) is 0 Å². The molecule has 114 valence electrons. The molecule has 21 heavy (non-hydrogen) atoms. The zero-order chi connectivity index (χ0) is 14.7. The van der Waals surface area contributed by atoms with Gasteiger partial charge in [-0.1, -0.05) is 13.0 Å². The molecule has 0 bridgehead atoms. The summed E-state index contributed by atoms with van der Waals surface area (Å²) in [7, 11) is 0. The van der Waals surface area contributed by atoms with Crippen LogP contribution in [0.25, 0.3) is 11.0 Å². The Kier molecular flexibility index (Phi) is 4.96. The highest BCUT2D eigenvalue weighted by molar-refractivity contribution is 7.99. The Morgan fingerprint density at radius 2 is 2.38 bits per heavy atom. The normalized spacial score (nSPS) is 18.5. The van der Waals surface area contributed by atoms with E-state index in [0.717, 1.165) is 36.5 Å². The van der Waals surface area contributed by atoms with Crippen LogP contribution in [0.15, 0.2) is 18.2 Å². The number of fused-ring (bicyclic) bond motifs is 1. The van der Waals surface area contributed by atoms with Crippen molar-refractivity contribution in [3.8, 4) is 5.75 Å². The number of para-hydroxylation sites is 1. The van der Waals surface area contributed by atoms with Gasteiger partial charge in [0.2, 0.25) is 0 Å². The van der Waals surface area contributed by atoms with Crippen molar-refractivity contribution in [3.05, 3.63) is 24.0 Å². The molecule has 1 atom stereocenters. The van der Waals surface area contributed by atoms with Gasteiger partial charge in [0.25, 0.3) is 0 Å². The van der Waals surface area contributed by atoms with Gasteiger partial charge in [-0.25, -0.2) is 4.98 Å². The van der Waals surface area contributed by atoms with Gasteiger partial charge < -0.3 is 9.30 Å². The molecular formula is C16H21ClN2OS. The summed E-state index contributed by atoms with van der Waals surface area (Å²) in [6.45, 7) is 2.85. The monoisotopic (exact) mass is 324 g/mol. The molecule has 1 aromatic heterocycles. The zero-order valence-electron chi connectivity index (χ0n) is 12.3. The number of halogens is 1. The summed E-state index contributed by atoms with van der Waals surface area (Å²) < 4.78 is 8.26. The van der Waals surface area contributed by atoms with Crippen LogP contribution in [0, 0.1) is 0 Å². The molecule has 5 heteroatoms. The maximum atomic E-state index is 5.98.